The molecule has 1 unspecified atom stereocenters. The van der Waals surface area contributed by atoms with Crippen LogP contribution in [0.15, 0.2) is 60.7 Å². The third-order valence-corrected chi connectivity index (χ3v) is 8.12. The molecule has 2 aromatic rings. The van der Waals surface area contributed by atoms with E-state index in [0.29, 0.717) is 45.3 Å². The van der Waals surface area contributed by atoms with Crippen molar-refractivity contribution in [3.05, 3.63) is 71.8 Å². The Bertz CT molecular complexity index is 1200. The molecule has 2 fully saturated rings. The molecule has 1 heterocycles. The summed E-state index contributed by atoms with van der Waals surface area (Å²) in [7, 11) is 0. The molecule has 0 spiro atoms. The van der Waals surface area contributed by atoms with Crippen molar-refractivity contribution < 1.29 is 28.7 Å². The fourth-order valence-corrected chi connectivity index (χ4v) is 5.74. The largest absolute Gasteiger partial charge is 0.365 e. The SMILES string of the molecule is N.N.N.NCCCC1C(=O)[C@@H](CCCCCC(=O)[C@@H]2CO2)C(=O)[C@@H](Cc2ccccc2)C(=O)[C@@H](Cc2ccccc2)C1=O. The van der Waals surface area contributed by atoms with E-state index < -0.39 is 35.2 Å². The molecule has 0 amide bonds. The fraction of sp³-hybridized carbons (Fsp3) is 0.485. The minimum Gasteiger partial charge on any atom is -0.365 e. The first kappa shape index (κ1) is 37.6. The van der Waals surface area contributed by atoms with Crippen LogP contribution in [0.25, 0.3) is 0 Å². The van der Waals surface area contributed by atoms with Crippen molar-refractivity contribution in [1.82, 2.24) is 18.5 Å². The molecule has 0 bridgehead atoms. The van der Waals surface area contributed by atoms with Gasteiger partial charge >= 0.3 is 0 Å². The van der Waals surface area contributed by atoms with Crippen LogP contribution in [-0.2, 0) is 41.6 Å². The average Bonchev–Trinajstić information content (AvgIpc) is 3.82. The Labute approximate surface area is 254 Å². The molecule has 11 N–H and O–H groups in total. The van der Waals surface area contributed by atoms with Crippen LogP contribution >= 0.6 is 0 Å². The molecule has 236 valence electrons. The lowest BCUT2D eigenvalue weighted by Crippen LogP contribution is -2.49. The van der Waals surface area contributed by atoms with E-state index in [4.69, 9.17) is 10.5 Å². The number of carbonyl (C=O) groups excluding carboxylic acids is 5. The predicted molar refractivity (Wildman–Crippen MR) is 165 cm³/mol. The van der Waals surface area contributed by atoms with Crippen LogP contribution < -0.4 is 24.2 Å². The summed E-state index contributed by atoms with van der Waals surface area (Å²) in [6.07, 6.45) is 3.28. The lowest BCUT2D eigenvalue weighted by atomic mass is 9.67. The summed E-state index contributed by atoms with van der Waals surface area (Å²) in [5, 5.41) is 0. The van der Waals surface area contributed by atoms with Crippen LogP contribution in [0.4, 0.5) is 0 Å². The normalized spacial score (nSPS) is 23.2. The standard InChI is InChI=1S/C33H39NO6.3H3N/c34-18-10-16-25-30(36)24(15-8-3-9-17-28(35)29-21-40-29)31(37)26(19-22-11-4-1-5-12-22)33(39)27(32(25)38)20-23-13-6-2-7-14-23;;;/h1-2,4-7,11-14,24-27,29H,3,8-10,15-21,34H2;3*1H3/t24-,25?,26-,27+,29+;;;/m1.../s1. The van der Waals surface area contributed by atoms with Gasteiger partial charge in [-0.25, -0.2) is 0 Å². The van der Waals surface area contributed by atoms with Crippen LogP contribution in [0.2, 0.25) is 0 Å². The maximum Gasteiger partial charge on any atom is 0.163 e. The molecule has 0 aromatic heterocycles. The van der Waals surface area contributed by atoms with Gasteiger partial charge in [-0.05, 0) is 56.2 Å². The highest BCUT2D eigenvalue weighted by Gasteiger charge is 2.48. The summed E-state index contributed by atoms with van der Waals surface area (Å²) in [6, 6.07) is 18.5. The molecule has 10 heteroatoms. The first-order valence-corrected chi connectivity index (χ1v) is 14.5. The second-order valence-corrected chi connectivity index (χ2v) is 11.0. The average molecular weight is 597 g/mol. The number of Topliss-reactive ketones (excluding diaryl/α,β-unsaturated/α-hetero) is 5. The molecule has 43 heavy (non-hydrogen) atoms. The van der Waals surface area contributed by atoms with E-state index in [9.17, 15) is 24.0 Å². The van der Waals surface area contributed by atoms with Gasteiger partial charge in [0, 0.05) is 6.42 Å². The first-order valence-electron chi connectivity index (χ1n) is 14.5. The first-order chi connectivity index (χ1) is 19.4. The molecule has 4 rings (SSSR count). The van der Waals surface area contributed by atoms with Crippen LogP contribution in [0, 0.1) is 23.7 Å². The highest BCUT2D eigenvalue weighted by atomic mass is 16.6. The van der Waals surface area contributed by atoms with E-state index in [-0.39, 0.29) is 67.6 Å². The molecule has 2 aromatic carbocycles. The lowest BCUT2D eigenvalue weighted by molar-refractivity contribution is -0.149. The number of rotatable bonds is 14. The maximum absolute atomic E-state index is 14.1. The van der Waals surface area contributed by atoms with Gasteiger partial charge in [-0.15, -0.1) is 0 Å². The number of nitrogens with two attached hydrogens (primary N) is 1. The van der Waals surface area contributed by atoms with Gasteiger partial charge in [0.05, 0.1) is 30.3 Å². The Balaban J connectivity index is 0.00000308. The van der Waals surface area contributed by atoms with Crippen molar-refractivity contribution in [2.45, 2.75) is 63.9 Å². The molecular formula is C33H48N4O6. The molecule has 0 radical (unpaired) electrons. The molecule has 10 nitrogen and oxygen atoms in total. The Morgan fingerprint density at radius 1 is 0.628 bits per heavy atom. The Morgan fingerprint density at radius 3 is 1.49 bits per heavy atom. The fourth-order valence-electron chi connectivity index (χ4n) is 5.74. The number of carbonyl (C=O) groups is 5. The van der Waals surface area contributed by atoms with Crippen LogP contribution in [-0.4, -0.2) is 48.2 Å². The summed E-state index contributed by atoms with van der Waals surface area (Å²) < 4.78 is 5.04. The second kappa shape index (κ2) is 18.3. The highest BCUT2D eigenvalue weighted by molar-refractivity contribution is 6.24. The molecule has 1 saturated heterocycles. The Morgan fingerprint density at radius 2 is 1.05 bits per heavy atom. The number of epoxide rings is 1. The van der Waals surface area contributed by atoms with Gasteiger partial charge in [0.1, 0.15) is 6.10 Å². The van der Waals surface area contributed by atoms with E-state index in [0.717, 1.165) is 11.1 Å². The number of hydrogen-bond donors (Lipinski definition) is 4. The van der Waals surface area contributed by atoms with Gasteiger partial charge in [0.25, 0.3) is 0 Å². The zero-order chi connectivity index (χ0) is 28.5. The van der Waals surface area contributed by atoms with Gasteiger partial charge in [-0.2, -0.15) is 0 Å². The van der Waals surface area contributed by atoms with Gasteiger partial charge in [-0.3, -0.25) is 24.0 Å². The number of ether oxygens (including phenoxy) is 1. The Kier molecular flexibility index (Phi) is 16.0. The molecule has 1 aliphatic heterocycles. The van der Waals surface area contributed by atoms with Crippen LogP contribution in [0.1, 0.15) is 56.1 Å². The third kappa shape index (κ3) is 10.1. The van der Waals surface area contributed by atoms with Crippen LogP contribution in [0.3, 0.4) is 0 Å². The minimum atomic E-state index is -1.07. The number of hydrogen-bond acceptors (Lipinski definition) is 10. The molecule has 2 aliphatic rings. The third-order valence-electron chi connectivity index (χ3n) is 8.12. The smallest absolute Gasteiger partial charge is 0.163 e. The van der Waals surface area contributed by atoms with E-state index >= 15 is 0 Å². The van der Waals surface area contributed by atoms with Gasteiger partial charge in [0.2, 0.25) is 0 Å². The molecule has 1 aliphatic carbocycles. The van der Waals surface area contributed by atoms with Crippen molar-refractivity contribution in [2.24, 2.45) is 29.4 Å². The van der Waals surface area contributed by atoms with Gasteiger partial charge in [-0.1, -0.05) is 73.5 Å². The maximum atomic E-state index is 14.1. The van der Waals surface area contributed by atoms with Gasteiger partial charge < -0.3 is 28.9 Å². The summed E-state index contributed by atoms with van der Waals surface area (Å²) in [5.41, 5.74) is 7.36. The lowest BCUT2D eigenvalue weighted by Gasteiger charge is -2.32. The predicted octanol–water partition coefficient (Wildman–Crippen LogP) is 4.37. The molecule has 1 saturated carbocycles. The van der Waals surface area contributed by atoms with E-state index in [1.807, 2.05) is 60.7 Å². The van der Waals surface area contributed by atoms with Gasteiger partial charge in [0.15, 0.2) is 28.9 Å². The monoisotopic (exact) mass is 596 g/mol. The van der Waals surface area contributed by atoms with Crippen molar-refractivity contribution in [3.63, 3.8) is 0 Å². The zero-order valence-electron chi connectivity index (χ0n) is 25.1. The topological polar surface area (TPSA) is 229 Å². The van der Waals surface area contributed by atoms with Crippen LogP contribution in [0.5, 0.6) is 0 Å². The summed E-state index contributed by atoms with van der Waals surface area (Å²) >= 11 is 0. The number of unbranched alkanes of at least 4 members (excludes halogenated alkanes) is 2. The number of benzene rings is 2. The van der Waals surface area contributed by atoms with Crippen molar-refractivity contribution in [3.8, 4) is 0 Å². The second-order valence-electron chi connectivity index (χ2n) is 11.0. The van der Waals surface area contributed by atoms with Crippen molar-refractivity contribution >= 4 is 28.9 Å². The highest BCUT2D eigenvalue weighted by Crippen LogP contribution is 2.33. The van der Waals surface area contributed by atoms with E-state index in [2.05, 4.69) is 0 Å². The molecule has 5 atom stereocenters. The van der Waals surface area contributed by atoms with Crippen molar-refractivity contribution in [1.29, 1.82) is 0 Å². The van der Waals surface area contributed by atoms with Crippen molar-refractivity contribution in [2.75, 3.05) is 13.2 Å². The van der Waals surface area contributed by atoms with E-state index in [1.165, 1.54) is 0 Å². The Hall–Kier alpha value is -3.41. The summed E-state index contributed by atoms with van der Waals surface area (Å²) in [4.78, 5) is 68.0. The summed E-state index contributed by atoms with van der Waals surface area (Å²) in [6.45, 7) is 0.798. The summed E-state index contributed by atoms with van der Waals surface area (Å²) in [5.74, 6) is -5.65. The van der Waals surface area contributed by atoms with E-state index in [1.54, 1.807) is 0 Å². The molecular weight excluding hydrogens is 548 g/mol. The quantitative estimate of drug-likeness (QED) is 0.137. The minimum absolute atomic E-state index is 0. The zero-order valence-corrected chi connectivity index (χ0v) is 25.1. The number of ketones is 5.